The molecule has 2 aromatic carbocycles. The molecule has 1 fully saturated rings. The van der Waals surface area contributed by atoms with E-state index in [0.29, 0.717) is 18.4 Å². The van der Waals surface area contributed by atoms with Gasteiger partial charge in [0, 0.05) is 24.2 Å². The highest BCUT2D eigenvalue weighted by Gasteiger charge is 2.32. The average Bonchev–Trinajstić information content (AvgIpc) is 2.81. The van der Waals surface area contributed by atoms with Crippen molar-refractivity contribution < 1.29 is 32.3 Å². The van der Waals surface area contributed by atoms with E-state index >= 15 is 0 Å². The quantitative estimate of drug-likeness (QED) is 0.482. The molecule has 1 aliphatic rings. The van der Waals surface area contributed by atoms with Gasteiger partial charge in [0.1, 0.15) is 0 Å². The molecule has 1 aliphatic heterocycles. The molecule has 3 rings (SSSR count). The Kier molecular flexibility index (Phi) is 7.33. The smallest absolute Gasteiger partial charge is 0.416 e. The second kappa shape index (κ2) is 9.97. The number of amides is 1. The third-order valence-electron chi connectivity index (χ3n) is 5.60. The number of halogens is 3. The first-order valence-corrected chi connectivity index (χ1v) is 10.4. The molecule has 1 saturated heterocycles. The molecule has 0 bridgehead atoms. The Labute approximate surface area is 184 Å². The highest BCUT2D eigenvalue weighted by molar-refractivity contribution is 5.98. The molecule has 0 saturated carbocycles. The van der Waals surface area contributed by atoms with Crippen LogP contribution in [0.1, 0.15) is 51.6 Å². The number of ketones is 1. The lowest BCUT2D eigenvalue weighted by Crippen LogP contribution is -2.40. The third-order valence-corrected chi connectivity index (χ3v) is 5.60. The lowest BCUT2D eigenvalue weighted by Gasteiger charge is -2.31. The number of hydrogen-bond acceptors (Lipinski definition) is 4. The van der Waals surface area contributed by atoms with Gasteiger partial charge in [-0.1, -0.05) is 31.2 Å². The van der Waals surface area contributed by atoms with Gasteiger partial charge in [-0.3, -0.25) is 14.4 Å². The zero-order chi connectivity index (χ0) is 23.3. The van der Waals surface area contributed by atoms with E-state index in [1.54, 1.807) is 12.1 Å². The van der Waals surface area contributed by atoms with Gasteiger partial charge in [-0.2, -0.15) is 13.2 Å². The van der Waals surface area contributed by atoms with Crippen molar-refractivity contribution in [1.82, 2.24) is 4.90 Å². The van der Waals surface area contributed by atoms with Gasteiger partial charge in [-0.05, 0) is 49.1 Å². The molecule has 170 valence electrons. The molecular formula is C24H24F3NO4. The van der Waals surface area contributed by atoms with Crippen molar-refractivity contribution in [1.29, 1.82) is 0 Å². The molecule has 0 aromatic heterocycles. The number of alkyl halides is 3. The number of Topliss-reactive ketones (excluding diaryl/α,β-unsaturated/α-hetero) is 1. The van der Waals surface area contributed by atoms with Gasteiger partial charge < -0.3 is 9.64 Å². The monoisotopic (exact) mass is 447 g/mol. The number of nitrogens with zero attached hydrogens (tertiary/aromatic N) is 1. The van der Waals surface area contributed by atoms with E-state index in [2.05, 4.69) is 0 Å². The summed E-state index contributed by atoms with van der Waals surface area (Å²) in [4.78, 5) is 38.6. The first-order valence-electron chi connectivity index (χ1n) is 10.4. The van der Waals surface area contributed by atoms with Crippen LogP contribution in [0.4, 0.5) is 13.2 Å². The number of carbonyl (C=O) groups is 3. The van der Waals surface area contributed by atoms with Crippen LogP contribution in [-0.4, -0.2) is 42.3 Å². The van der Waals surface area contributed by atoms with Crippen LogP contribution in [0, 0.1) is 5.92 Å². The average molecular weight is 447 g/mol. The van der Waals surface area contributed by atoms with E-state index in [1.807, 2.05) is 19.1 Å². The molecule has 8 heteroatoms. The highest BCUT2D eigenvalue weighted by atomic mass is 19.4. The lowest BCUT2D eigenvalue weighted by atomic mass is 9.96. The van der Waals surface area contributed by atoms with Gasteiger partial charge in [0.15, 0.2) is 12.4 Å². The lowest BCUT2D eigenvalue weighted by molar-refractivity contribution is -0.148. The minimum Gasteiger partial charge on any atom is -0.457 e. The maximum atomic E-state index is 12.7. The number of esters is 1. The van der Waals surface area contributed by atoms with Crippen molar-refractivity contribution in [2.45, 2.75) is 32.4 Å². The molecule has 1 amide bonds. The van der Waals surface area contributed by atoms with Gasteiger partial charge >= 0.3 is 12.1 Å². The second-order valence-electron chi connectivity index (χ2n) is 7.72. The molecular weight excluding hydrogens is 423 g/mol. The van der Waals surface area contributed by atoms with Gasteiger partial charge in [0.25, 0.3) is 5.91 Å². The van der Waals surface area contributed by atoms with Crippen LogP contribution in [0.5, 0.6) is 0 Å². The number of piperidine rings is 1. The van der Waals surface area contributed by atoms with Gasteiger partial charge in [0.2, 0.25) is 0 Å². The van der Waals surface area contributed by atoms with E-state index in [1.165, 1.54) is 4.90 Å². The zero-order valence-electron chi connectivity index (χ0n) is 17.7. The Morgan fingerprint density at radius 3 is 2.03 bits per heavy atom. The van der Waals surface area contributed by atoms with Crippen LogP contribution in [0.3, 0.4) is 0 Å². The van der Waals surface area contributed by atoms with Gasteiger partial charge in [0.05, 0.1) is 11.5 Å². The molecule has 0 aliphatic carbocycles. The van der Waals surface area contributed by atoms with Crippen molar-refractivity contribution in [2.75, 3.05) is 19.7 Å². The Morgan fingerprint density at radius 2 is 1.50 bits per heavy atom. The number of rotatable bonds is 6. The Bertz CT molecular complexity index is 960. The summed E-state index contributed by atoms with van der Waals surface area (Å²) in [6.45, 7) is 2.24. The fraction of sp³-hybridized carbons (Fsp3) is 0.375. The predicted molar refractivity (Wildman–Crippen MR) is 111 cm³/mol. The minimum atomic E-state index is -4.46. The van der Waals surface area contributed by atoms with E-state index in [9.17, 15) is 27.6 Å². The summed E-state index contributed by atoms with van der Waals surface area (Å²) in [6.07, 6.45) is -2.86. The van der Waals surface area contributed by atoms with Crippen LogP contribution >= 0.6 is 0 Å². The van der Waals surface area contributed by atoms with Crippen LogP contribution in [0.2, 0.25) is 0 Å². The van der Waals surface area contributed by atoms with Crippen molar-refractivity contribution in [3.8, 4) is 0 Å². The zero-order valence-corrected chi connectivity index (χ0v) is 17.7. The largest absolute Gasteiger partial charge is 0.457 e. The summed E-state index contributed by atoms with van der Waals surface area (Å²) in [5, 5.41) is 0. The first kappa shape index (κ1) is 23.5. The topological polar surface area (TPSA) is 63.7 Å². The number of ether oxygens (including phenoxy) is 1. The number of benzene rings is 2. The Balaban J connectivity index is 1.47. The van der Waals surface area contributed by atoms with Gasteiger partial charge in [-0.15, -0.1) is 0 Å². The molecule has 5 nitrogen and oxygen atoms in total. The SMILES string of the molecule is CCc1ccc(C(=O)COC(=O)C2CCN(C(=O)c3ccc(C(F)(F)F)cc3)CC2)cc1. The van der Waals surface area contributed by atoms with Crippen molar-refractivity contribution in [2.24, 2.45) is 5.92 Å². The number of aryl methyl sites for hydroxylation is 1. The second-order valence-corrected chi connectivity index (χ2v) is 7.72. The van der Waals surface area contributed by atoms with E-state index in [4.69, 9.17) is 4.74 Å². The summed E-state index contributed by atoms with van der Waals surface area (Å²) in [6, 6.07) is 11.2. The summed E-state index contributed by atoms with van der Waals surface area (Å²) in [7, 11) is 0. The van der Waals surface area contributed by atoms with Crippen LogP contribution in [-0.2, 0) is 22.1 Å². The van der Waals surface area contributed by atoms with Gasteiger partial charge in [-0.25, -0.2) is 0 Å². The fourth-order valence-corrected chi connectivity index (χ4v) is 3.57. The molecule has 0 spiro atoms. The number of hydrogen-bond donors (Lipinski definition) is 0. The molecule has 0 unspecified atom stereocenters. The first-order chi connectivity index (χ1) is 15.2. The van der Waals surface area contributed by atoms with E-state index < -0.39 is 23.6 Å². The minimum absolute atomic E-state index is 0.165. The predicted octanol–water partition coefficient (Wildman–Crippen LogP) is 4.55. The number of carbonyl (C=O) groups excluding carboxylic acids is 3. The third kappa shape index (κ3) is 5.75. The molecule has 2 aromatic rings. The summed E-state index contributed by atoms with van der Waals surface area (Å²) in [5.41, 5.74) is 0.938. The number of likely N-dealkylation sites (tertiary alicyclic amines) is 1. The summed E-state index contributed by atoms with van der Waals surface area (Å²) in [5.74, 6) is -1.57. The van der Waals surface area contributed by atoms with Crippen molar-refractivity contribution in [3.05, 3.63) is 70.8 Å². The standard InChI is InChI=1S/C24H24F3NO4/c1-2-16-3-5-17(6-4-16)21(29)15-32-23(31)19-11-13-28(14-12-19)22(30)18-7-9-20(10-8-18)24(25,26)27/h3-10,19H,2,11-15H2,1H3. The van der Waals surface area contributed by atoms with Crippen LogP contribution in [0.15, 0.2) is 48.5 Å². The maximum absolute atomic E-state index is 12.7. The van der Waals surface area contributed by atoms with Crippen molar-refractivity contribution in [3.63, 3.8) is 0 Å². The molecule has 1 heterocycles. The summed E-state index contributed by atoms with van der Waals surface area (Å²) < 4.78 is 43.2. The Morgan fingerprint density at radius 1 is 0.938 bits per heavy atom. The molecule has 0 radical (unpaired) electrons. The fourth-order valence-electron chi connectivity index (χ4n) is 3.57. The molecule has 0 N–H and O–H groups in total. The Hall–Kier alpha value is -3.16. The van der Waals surface area contributed by atoms with E-state index in [-0.39, 0.29) is 37.0 Å². The van der Waals surface area contributed by atoms with Crippen LogP contribution < -0.4 is 0 Å². The molecule has 32 heavy (non-hydrogen) atoms. The molecule has 0 atom stereocenters. The highest BCUT2D eigenvalue weighted by Crippen LogP contribution is 2.29. The van der Waals surface area contributed by atoms with Crippen molar-refractivity contribution >= 4 is 17.7 Å². The van der Waals surface area contributed by atoms with Crippen LogP contribution in [0.25, 0.3) is 0 Å². The normalized spacial score (nSPS) is 14.8. The summed E-state index contributed by atoms with van der Waals surface area (Å²) >= 11 is 0. The maximum Gasteiger partial charge on any atom is 0.416 e. The van der Waals surface area contributed by atoms with E-state index in [0.717, 1.165) is 36.2 Å².